The first-order valence-electron chi connectivity index (χ1n) is 10.4. The van der Waals surface area contributed by atoms with E-state index in [0.717, 1.165) is 29.2 Å². The van der Waals surface area contributed by atoms with E-state index in [0.29, 0.717) is 24.8 Å². The molecular formula is C24H26N4O3. The van der Waals surface area contributed by atoms with E-state index < -0.39 is 5.97 Å². The monoisotopic (exact) mass is 418 g/mol. The molecule has 1 aromatic carbocycles. The minimum Gasteiger partial charge on any atom is -0.493 e. The highest BCUT2D eigenvalue weighted by Gasteiger charge is 2.22. The summed E-state index contributed by atoms with van der Waals surface area (Å²) in [7, 11) is 0. The molecule has 3 heterocycles. The van der Waals surface area contributed by atoms with Crippen LogP contribution in [-0.2, 0) is 0 Å². The van der Waals surface area contributed by atoms with Gasteiger partial charge in [0.1, 0.15) is 11.6 Å². The number of aromatic carboxylic acids is 1. The van der Waals surface area contributed by atoms with E-state index in [1.807, 2.05) is 24.4 Å². The molecule has 7 heteroatoms. The smallest absolute Gasteiger partial charge is 0.337 e. The summed E-state index contributed by atoms with van der Waals surface area (Å²) in [6.07, 6.45) is 5.79. The molecular weight excluding hydrogens is 392 g/mol. The number of benzene rings is 1. The molecule has 0 bridgehead atoms. The van der Waals surface area contributed by atoms with Crippen LogP contribution in [0.25, 0.3) is 0 Å². The van der Waals surface area contributed by atoms with Gasteiger partial charge in [0.15, 0.2) is 0 Å². The van der Waals surface area contributed by atoms with Crippen molar-refractivity contribution in [1.29, 1.82) is 0 Å². The number of pyridine rings is 2. The molecule has 3 aromatic rings. The van der Waals surface area contributed by atoms with Crippen molar-refractivity contribution in [1.82, 2.24) is 9.97 Å². The van der Waals surface area contributed by atoms with Crippen LogP contribution in [0.5, 0.6) is 5.75 Å². The van der Waals surface area contributed by atoms with E-state index >= 15 is 0 Å². The lowest BCUT2D eigenvalue weighted by molar-refractivity contribution is 0.0697. The Morgan fingerprint density at radius 3 is 2.84 bits per heavy atom. The SMILES string of the molecule is CC(C)c1ccc(Nc2ccc3c(c2)OCC[C@H]3CNc2cnccc2C(=O)O)nc1. The summed E-state index contributed by atoms with van der Waals surface area (Å²) in [6.45, 7) is 5.51. The molecule has 0 radical (unpaired) electrons. The zero-order valence-electron chi connectivity index (χ0n) is 17.6. The number of aromatic nitrogens is 2. The summed E-state index contributed by atoms with van der Waals surface area (Å²) in [5, 5.41) is 15.9. The zero-order chi connectivity index (χ0) is 21.8. The Balaban J connectivity index is 1.46. The number of rotatable bonds is 7. The molecule has 0 aliphatic carbocycles. The highest BCUT2D eigenvalue weighted by Crippen LogP contribution is 2.36. The molecule has 31 heavy (non-hydrogen) atoms. The van der Waals surface area contributed by atoms with Gasteiger partial charge in [-0.3, -0.25) is 4.98 Å². The fourth-order valence-electron chi connectivity index (χ4n) is 3.68. The normalized spacial score (nSPS) is 15.1. The van der Waals surface area contributed by atoms with Gasteiger partial charge in [-0.2, -0.15) is 0 Å². The second kappa shape index (κ2) is 9.04. The molecule has 1 aliphatic heterocycles. The first-order valence-corrected chi connectivity index (χ1v) is 10.4. The summed E-state index contributed by atoms with van der Waals surface area (Å²) in [4.78, 5) is 19.9. The van der Waals surface area contributed by atoms with E-state index in [1.54, 1.807) is 6.20 Å². The highest BCUT2D eigenvalue weighted by atomic mass is 16.5. The number of hydrogen-bond acceptors (Lipinski definition) is 6. The standard InChI is InChI=1S/C24H26N4O3/c1-15(2)16-3-6-23(27-12-16)28-18-4-5-19-17(8-10-31-22(19)11-18)13-26-21-14-25-9-7-20(21)24(29)30/h3-7,9,11-12,14-15,17,26H,8,10,13H2,1-2H3,(H,27,28)(H,29,30)/t17-/m0/s1. The van der Waals surface area contributed by atoms with Gasteiger partial charge in [0.25, 0.3) is 0 Å². The quantitative estimate of drug-likeness (QED) is 0.496. The van der Waals surface area contributed by atoms with Gasteiger partial charge in [0.05, 0.1) is 24.1 Å². The molecule has 0 unspecified atom stereocenters. The molecule has 1 aliphatic rings. The fraction of sp³-hybridized carbons (Fsp3) is 0.292. The molecule has 0 amide bonds. The van der Waals surface area contributed by atoms with E-state index in [4.69, 9.17) is 4.74 Å². The Kier molecular flexibility index (Phi) is 6.02. The minimum atomic E-state index is -0.969. The lowest BCUT2D eigenvalue weighted by atomic mass is 9.92. The van der Waals surface area contributed by atoms with E-state index in [-0.39, 0.29) is 11.5 Å². The Labute approximate surface area is 181 Å². The van der Waals surface area contributed by atoms with Gasteiger partial charge in [-0.1, -0.05) is 26.0 Å². The van der Waals surface area contributed by atoms with Crippen molar-refractivity contribution in [2.45, 2.75) is 32.1 Å². The second-order valence-corrected chi connectivity index (χ2v) is 7.95. The summed E-state index contributed by atoms with van der Waals surface area (Å²) >= 11 is 0. The summed E-state index contributed by atoms with van der Waals surface area (Å²) in [5.41, 5.74) is 3.97. The molecule has 7 nitrogen and oxygen atoms in total. The maximum Gasteiger partial charge on any atom is 0.337 e. The Morgan fingerprint density at radius 1 is 1.23 bits per heavy atom. The van der Waals surface area contributed by atoms with Crippen molar-refractivity contribution in [2.24, 2.45) is 0 Å². The molecule has 0 saturated carbocycles. The molecule has 0 fully saturated rings. The van der Waals surface area contributed by atoms with Crippen LogP contribution in [0.15, 0.2) is 55.0 Å². The van der Waals surface area contributed by atoms with Crippen molar-refractivity contribution in [2.75, 3.05) is 23.8 Å². The molecule has 160 valence electrons. The number of carboxylic acid groups (broad SMARTS) is 1. The van der Waals surface area contributed by atoms with E-state index in [9.17, 15) is 9.90 Å². The number of anilines is 3. The van der Waals surface area contributed by atoms with E-state index in [1.165, 1.54) is 17.8 Å². The number of hydrogen-bond donors (Lipinski definition) is 3. The Bertz CT molecular complexity index is 1070. The third-order valence-corrected chi connectivity index (χ3v) is 5.49. The number of nitrogens with zero attached hydrogens (tertiary/aromatic N) is 2. The summed E-state index contributed by atoms with van der Waals surface area (Å²) < 4.78 is 5.90. The van der Waals surface area contributed by atoms with Crippen LogP contribution in [0.3, 0.4) is 0 Å². The van der Waals surface area contributed by atoms with Crippen LogP contribution in [0.2, 0.25) is 0 Å². The van der Waals surface area contributed by atoms with Gasteiger partial charge in [-0.05, 0) is 41.7 Å². The van der Waals surface area contributed by atoms with Crippen LogP contribution < -0.4 is 15.4 Å². The fourth-order valence-corrected chi connectivity index (χ4v) is 3.68. The van der Waals surface area contributed by atoms with Crippen molar-refractivity contribution < 1.29 is 14.6 Å². The Morgan fingerprint density at radius 2 is 2.10 bits per heavy atom. The average molecular weight is 418 g/mol. The molecule has 1 atom stereocenters. The van der Waals surface area contributed by atoms with Crippen molar-refractivity contribution in [3.05, 3.63) is 71.7 Å². The van der Waals surface area contributed by atoms with Crippen molar-refractivity contribution >= 4 is 23.2 Å². The highest BCUT2D eigenvalue weighted by molar-refractivity contribution is 5.93. The van der Waals surface area contributed by atoms with Gasteiger partial charge in [-0.25, -0.2) is 9.78 Å². The van der Waals surface area contributed by atoms with Crippen LogP contribution >= 0.6 is 0 Å². The molecule has 4 rings (SSSR count). The summed E-state index contributed by atoms with van der Waals surface area (Å²) in [5.74, 6) is 1.32. The van der Waals surface area contributed by atoms with Crippen LogP contribution in [0, 0.1) is 0 Å². The molecule has 0 spiro atoms. The van der Waals surface area contributed by atoms with Gasteiger partial charge in [0.2, 0.25) is 0 Å². The van der Waals surface area contributed by atoms with Gasteiger partial charge >= 0.3 is 5.97 Å². The first kappa shape index (κ1) is 20.7. The van der Waals surface area contributed by atoms with Gasteiger partial charge < -0.3 is 20.5 Å². The predicted molar refractivity (Wildman–Crippen MR) is 121 cm³/mol. The lowest BCUT2D eigenvalue weighted by Crippen LogP contribution is -2.21. The zero-order valence-corrected chi connectivity index (χ0v) is 17.6. The predicted octanol–water partition coefficient (Wildman–Crippen LogP) is 5.02. The van der Waals surface area contributed by atoms with E-state index in [2.05, 4.69) is 46.6 Å². The number of carbonyl (C=O) groups is 1. The number of ether oxygens (including phenoxy) is 1. The van der Waals surface area contributed by atoms with Gasteiger partial charge in [-0.15, -0.1) is 0 Å². The maximum absolute atomic E-state index is 11.4. The molecule has 0 saturated heterocycles. The third-order valence-electron chi connectivity index (χ3n) is 5.49. The average Bonchev–Trinajstić information content (AvgIpc) is 2.78. The van der Waals surface area contributed by atoms with Crippen LogP contribution in [0.1, 0.15) is 53.6 Å². The van der Waals surface area contributed by atoms with Crippen molar-refractivity contribution in [3.63, 3.8) is 0 Å². The largest absolute Gasteiger partial charge is 0.493 e. The third kappa shape index (κ3) is 4.77. The lowest BCUT2D eigenvalue weighted by Gasteiger charge is -2.27. The molecule has 2 aromatic heterocycles. The van der Waals surface area contributed by atoms with Gasteiger partial charge in [0, 0.05) is 36.6 Å². The summed E-state index contributed by atoms with van der Waals surface area (Å²) in [6, 6.07) is 11.6. The first-order chi connectivity index (χ1) is 15.0. The number of fused-ring (bicyclic) bond motifs is 1. The second-order valence-electron chi connectivity index (χ2n) is 7.95. The Hall–Kier alpha value is -3.61. The van der Waals surface area contributed by atoms with Crippen molar-refractivity contribution in [3.8, 4) is 5.75 Å². The van der Waals surface area contributed by atoms with Crippen LogP contribution in [-0.4, -0.2) is 34.2 Å². The topological polar surface area (TPSA) is 96.4 Å². The number of carboxylic acids is 1. The molecule has 3 N–H and O–H groups in total. The number of nitrogens with one attached hydrogen (secondary N) is 2. The minimum absolute atomic E-state index is 0.211. The van der Waals surface area contributed by atoms with Crippen LogP contribution in [0.4, 0.5) is 17.2 Å². The maximum atomic E-state index is 11.4.